The molecule has 0 bridgehead atoms. The lowest BCUT2D eigenvalue weighted by molar-refractivity contribution is -0.227. The summed E-state index contributed by atoms with van der Waals surface area (Å²) in [6, 6.07) is 7.11. The van der Waals surface area contributed by atoms with E-state index in [-0.39, 0.29) is 26.3 Å². The highest BCUT2D eigenvalue weighted by molar-refractivity contribution is 5.83. The topological polar surface area (TPSA) is 66.5 Å². The smallest absolute Gasteiger partial charge is 0.191 e. The zero-order valence-corrected chi connectivity index (χ0v) is 16.7. The van der Waals surface area contributed by atoms with E-state index < -0.39 is 43.3 Å². The molecule has 0 aliphatic carbocycles. The maximum absolute atomic E-state index is 13.3. The summed E-state index contributed by atoms with van der Waals surface area (Å²) in [4.78, 5) is 14.6. The van der Waals surface area contributed by atoms with Crippen LogP contribution in [0.25, 0.3) is 0 Å². The summed E-state index contributed by atoms with van der Waals surface area (Å²) >= 11 is 0. The predicted octanol–water partition coefficient (Wildman–Crippen LogP) is 2.37. The fraction of sp³-hybridized carbons (Fsp3) is 0.682. The van der Waals surface area contributed by atoms with Crippen molar-refractivity contribution in [1.82, 2.24) is 4.90 Å². The zero-order chi connectivity index (χ0) is 23.7. The van der Waals surface area contributed by atoms with E-state index in [1.807, 2.05) is 0 Å². The zero-order valence-electron chi connectivity index (χ0n) is 20.7. The van der Waals surface area contributed by atoms with Gasteiger partial charge in [0.1, 0.15) is 12.4 Å². The largest absolute Gasteiger partial charge is 0.497 e. The van der Waals surface area contributed by atoms with Crippen LogP contribution >= 0.6 is 0 Å². The lowest BCUT2D eigenvalue weighted by Gasteiger charge is -2.43. The molecule has 7 nitrogen and oxygen atoms in total. The minimum absolute atomic E-state index is 0.0954. The van der Waals surface area contributed by atoms with E-state index in [1.54, 1.807) is 31.4 Å². The van der Waals surface area contributed by atoms with Crippen molar-refractivity contribution >= 4 is 5.78 Å². The molecule has 3 heterocycles. The van der Waals surface area contributed by atoms with Gasteiger partial charge in [-0.3, -0.25) is 9.69 Å². The molecule has 1 spiro atoms. The molecule has 7 heteroatoms. The number of hydrogen-bond donors (Lipinski definition) is 0. The highest BCUT2D eigenvalue weighted by Crippen LogP contribution is 2.37. The van der Waals surface area contributed by atoms with Crippen LogP contribution in [-0.4, -0.2) is 69.3 Å². The monoisotopic (exact) mass is 409 g/mol. The molecule has 1 aromatic rings. The summed E-state index contributed by atoms with van der Waals surface area (Å²) < 4.78 is 62.8. The fourth-order valence-corrected chi connectivity index (χ4v) is 3.86. The van der Waals surface area contributed by atoms with Crippen molar-refractivity contribution in [3.8, 4) is 5.75 Å². The standard InChI is InChI=1S/C22H31NO6/c1-25-18-7-5-17(6-8-18)14-23-10-9-19(22(16-23)28-12-13-29-22)20(24)15-27-21-4-2-3-11-26-21/h5-8,19,21H,2-4,9-16H2,1H3/i9D2,10D2. The normalized spacial score (nSPS) is 32.7. The molecule has 2 atom stereocenters. The number of benzene rings is 1. The number of Topliss-reactive ketones (excluding diaryl/α,β-unsaturated/α-hetero) is 1. The second kappa shape index (κ2) is 9.53. The molecule has 0 aromatic heterocycles. The molecule has 0 saturated carbocycles. The summed E-state index contributed by atoms with van der Waals surface area (Å²) in [5, 5.41) is 0. The Morgan fingerprint density at radius 3 is 2.72 bits per heavy atom. The third-order valence-electron chi connectivity index (χ3n) is 5.40. The van der Waals surface area contributed by atoms with Gasteiger partial charge in [-0.15, -0.1) is 0 Å². The number of piperidine rings is 1. The number of rotatable bonds is 7. The molecule has 3 saturated heterocycles. The molecule has 29 heavy (non-hydrogen) atoms. The summed E-state index contributed by atoms with van der Waals surface area (Å²) in [6.07, 6.45) is -0.576. The first kappa shape index (κ1) is 16.2. The summed E-state index contributed by atoms with van der Waals surface area (Å²) in [5.74, 6) is -3.00. The molecule has 0 amide bonds. The number of carbonyl (C=O) groups is 1. The van der Waals surface area contributed by atoms with Crippen LogP contribution in [0.3, 0.4) is 0 Å². The second-order valence-electron chi connectivity index (χ2n) is 7.48. The molecular formula is C22H31NO6. The van der Waals surface area contributed by atoms with Gasteiger partial charge in [-0.05, 0) is 49.8 Å². The number of ether oxygens (including phenoxy) is 5. The summed E-state index contributed by atoms with van der Waals surface area (Å²) in [5.41, 5.74) is 0.770. The third kappa shape index (κ3) is 4.98. The second-order valence-corrected chi connectivity index (χ2v) is 7.48. The van der Waals surface area contributed by atoms with E-state index in [1.165, 1.54) is 4.90 Å². The van der Waals surface area contributed by atoms with Gasteiger partial charge in [0.25, 0.3) is 0 Å². The van der Waals surface area contributed by atoms with Gasteiger partial charge in [-0.25, -0.2) is 0 Å². The highest BCUT2D eigenvalue weighted by Gasteiger charge is 2.51. The Kier molecular flexibility index (Phi) is 5.33. The van der Waals surface area contributed by atoms with Gasteiger partial charge in [0.05, 0.1) is 32.8 Å². The first-order valence-electron chi connectivity index (χ1n) is 12.1. The maximum atomic E-state index is 13.3. The Hall–Kier alpha value is -1.51. The van der Waals surface area contributed by atoms with Crippen molar-refractivity contribution in [2.75, 3.05) is 46.6 Å². The van der Waals surface area contributed by atoms with Gasteiger partial charge in [-0.1, -0.05) is 12.1 Å². The number of nitrogens with zero attached hydrogens (tertiary/aromatic N) is 1. The Labute approximate surface area is 177 Å². The molecule has 3 fully saturated rings. The number of ketones is 1. The Bertz CT molecular complexity index is 823. The van der Waals surface area contributed by atoms with Gasteiger partial charge in [0, 0.05) is 18.6 Å². The number of carbonyl (C=O) groups excluding carboxylic acids is 1. The summed E-state index contributed by atoms with van der Waals surface area (Å²) in [6.45, 7) is -1.88. The maximum Gasteiger partial charge on any atom is 0.191 e. The number of hydrogen-bond acceptors (Lipinski definition) is 7. The van der Waals surface area contributed by atoms with E-state index in [4.69, 9.17) is 29.2 Å². The predicted molar refractivity (Wildman–Crippen MR) is 106 cm³/mol. The molecule has 3 aliphatic heterocycles. The average Bonchev–Trinajstić information content (AvgIpc) is 3.26. The van der Waals surface area contributed by atoms with Crippen LogP contribution in [0.1, 0.15) is 36.7 Å². The van der Waals surface area contributed by atoms with Crippen molar-refractivity contribution in [2.45, 2.75) is 44.3 Å². The van der Waals surface area contributed by atoms with Crippen LogP contribution in [0.5, 0.6) is 5.75 Å². The third-order valence-corrected chi connectivity index (χ3v) is 5.40. The van der Waals surface area contributed by atoms with Crippen molar-refractivity contribution in [1.29, 1.82) is 0 Å². The lowest BCUT2D eigenvalue weighted by Crippen LogP contribution is -2.57. The van der Waals surface area contributed by atoms with Crippen molar-refractivity contribution in [3.63, 3.8) is 0 Å². The van der Waals surface area contributed by atoms with E-state index in [9.17, 15) is 4.79 Å². The van der Waals surface area contributed by atoms with E-state index in [0.29, 0.717) is 18.8 Å². The van der Waals surface area contributed by atoms with Crippen LogP contribution in [-0.2, 0) is 30.3 Å². The van der Waals surface area contributed by atoms with Crippen LogP contribution in [0.15, 0.2) is 24.3 Å². The van der Waals surface area contributed by atoms with Gasteiger partial charge >= 0.3 is 0 Å². The van der Waals surface area contributed by atoms with Crippen molar-refractivity contribution in [3.05, 3.63) is 29.8 Å². The van der Waals surface area contributed by atoms with E-state index in [0.717, 1.165) is 18.4 Å². The molecule has 2 unspecified atom stereocenters. The van der Waals surface area contributed by atoms with Crippen LogP contribution in [0, 0.1) is 5.92 Å². The Morgan fingerprint density at radius 2 is 2.03 bits per heavy atom. The van der Waals surface area contributed by atoms with Gasteiger partial charge < -0.3 is 23.7 Å². The number of likely N-dealkylation sites (tertiary alicyclic amines) is 1. The van der Waals surface area contributed by atoms with Crippen LogP contribution in [0.4, 0.5) is 0 Å². The Balaban J connectivity index is 1.56. The van der Waals surface area contributed by atoms with Gasteiger partial charge in [-0.2, -0.15) is 0 Å². The SMILES string of the molecule is [2H]C1([2H])C(C(=O)COC2CCCCO2)C2(CN(Cc3ccc(OC)cc3)C1([2H])[2H])OCCO2. The molecular weight excluding hydrogens is 374 g/mol. The first-order valence-corrected chi connectivity index (χ1v) is 10.1. The van der Waals surface area contributed by atoms with E-state index >= 15 is 0 Å². The quantitative estimate of drug-likeness (QED) is 0.685. The Morgan fingerprint density at radius 1 is 1.24 bits per heavy atom. The van der Waals surface area contributed by atoms with E-state index in [2.05, 4.69) is 0 Å². The minimum Gasteiger partial charge on any atom is -0.497 e. The molecule has 0 N–H and O–H groups in total. The molecule has 1 aromatic carbocycles. The molecule has 0 radical (unpaired) electrons. The van der Waals surface area contributed by atoms with Crippen molar-refractivity contribution in [2.24, 2.45) is 5.92 Å². The molecule has 4 rings (SSSR count). The van der Waals surface area contributed by atoms with Crippen LogP contribution < -0.4 is 4.74 Å². The van der Waals surface area contributed by atoms with Gasteiger partial charge in [0.15, 0.2) is 17.9 Å². The fourth-order valence-electron chi connectivity index (χ4n) is 3.86. The highest BCUT2D eigenvalue weighted by atomic mass is 16.7. The minimum atomic E-state index is -2.60. The summed E-state index contributed by atoms with van der Waals surface area (Å²) in [7, 11) is 1.56. The molecule has 3 aliphatic rings. The lowest BCUT2D eigenvalue weighted by atomic mass is 9.86. The first-order chi connectivity index (χ1) is 15.7. The molecule has 160 valence electrons. The average molecular weight is 410 g/mol. The van der Waals surface area contributed by atoms with Crippen molar-refractivity contribution < 1.29 is 34.0 Å². The van der Waals surface area contributed by atoms with Crippen LogP contribution in [0.2, 0.25) is 0 Å². The number of methoxy groups -OCH3 is 1. The van der Waals surface area contributed by atoms with Gasteiger partial charge in [0.2, 0.25) is 0 Å².